The fraction of sp³-hybridized carbons (Fsp3) is 0.0870. The first-order chi connectivity index (χ1) is 14.9. The van der Waals surface area contributed by atoms with Gasteiger partial charge >= 0.3 is 6.18 Å². The number of rotatable bonds is 5. The molecule has 0 atom stereocenters. The highest BCUT2D eigenvalue weighted by Gasteiger charge is 2.29. The number of benzene rings is 2. The van der Waals surface area contributed by atoms with Gasteiger partial charge in [-0.2, -0.15) is 13.2 Å². The molecule has 1 amide bonds. The lowest BCUT2D eigenvalue weighted by molar-refractivity contribution is -0.137. The first-order valence-electron chi connectivity index (χ1n) is 9.32. The molecule has 1 N–H and O–H groups in total. The second kappa shape index (κ2) is 8.69. The Balaban J connectivity index is 1.43. The van der Waals surface area contributed by atoms with Crippen LogP contribution in [0.4, 0.5) is 18.3 Å². The summed E-state index contributed by atoms with van der Waals surface area (Å²) in [6, 6.07) is 18.2. The van der Waals surface area contributed by atoms with Crippen LogP contribution in [0.5, 0.6) is 0 Å². The third-order valence-electron chi connectivity index (χ3n) is 4.53. The van der Waals surface area contributed by atoms with Gasteiger partial charge in [-0.15, -0.1) is 11.3 Å². The third-order valence-corrected chi connectivity index (χ3v) is 5.45. The average Bonchev–Trinajstić information content (AvgIpc) is 3.21. The van der Waals surface area contributed by atoms with Crippen LogP contribution in [0.25, 0.3) is 11.1 Å². The fourth-order valence-corrected chi connectivity index (χ4v) is 3.83. The van der Waals surface area contributed by atoms with E-state index in [9.17, 15) is 18.0 Å². The Morgan fingerprint density at radius 3 is 2.39 bits per heavy atom. The van der Waals surface area contributed by atoms with Gasteiger partial charge in [-0.05, 0) is 41.0 Å². The maximum Gasteiger partial charge on any atom is 0.416 e. The van der Waals surface area contributed by atoms with Gasteiger partial charge in [0, 0.05) is 23.7 Å². The van der Waals surface area contributed by atoms with Gasteiger partial charge < -0.3 is 0 Å². The number of hydrogen-bond donors (Lipinski definition) is 1. The van der Waals surface area contributed by atoms with E-state index in [4.69, 9.17) is 0 Å². The molecule has 0 fully saturated rings. The minimum Gasteiger partial charge on any atom is -0.296 e. The summed E-state index contributed by atoms with van der Waals surface area (Å²) in [5.74, 6) is -0.381. The SMILES string of the molecule is O=C(Nc1ncc(Cc2ccc(C(F)(F)F)cc2)s1)c1cc(-c2ccccc2)ccn1. The highest BCUT2D eigenvalue weighted by atomic mass is 32.1. The summed E-state index contributed by atoms with van der Waals surface area (Å²) in [6.07, 6.45) is -0.749. The number of nitrogens with zero attached hydrogens (tertiary/aromatic N) is 2. The summed E-state index contributed by atoms with van der Waals surface area (Å²) in [6.45, 7) is 0. The van der Waals surface area contributed by atoms with Crippen molar-refractivity contribution in [3.8, 4) is 11.1 Å². The van der Waals surface area contributed by atoms with Crippen molar-refractivity contribution in [1.82, 2.24) is 9.97 Å². The fourth-order valence-electron chi connectivity index (χ4n) is 2.99. The Hall–Kier alpha value is -3.52. The van der Waals surface area contributed by atoms with Crippen LogP contribution in [0.15, 0.2) is 79.1 Å². The Kier molecular flexibility index (Phi) is 5.81. The summed E-state index contributed by atoms with van der Waals surface area (Å²) in [4.78, 5) is 21.7. The van der Waals surface area contributed by atoms with Crippen molar-refractivity contribution in [2.45, 2.75) is 12.6 Å². The average molecular weight is 439 g/mol. The quantitative estimate of drug-likeness (QED) is 0.411. The molecule has 0 radical (unpaired) electrons. The predicted molar refractivity (Wildman–Crippen MR) is 114 cm³/mol. The molecule has 4 rings (SSSR count). The Labute approximate surface area is 180 Å². The molecule has 2 heterocycles. The first-order valence-corrected chi connectivity index (χ1v) is 10.1. The lowest BCUT2D eigenvalue weighted by atomic mass is 10.1. The summed E-state index contributed by atoms with van der Waals surface area (Å²) in [5.41, 5.74) is 2.17. The molecule has 4 nitrogen and oxygen atoms in total. The van der Waals surface area contributed by atoms with E-state index in [1.165, 1.54) is 23.5 Å². The molecule has 2 aromatic carbocycles. The second-order valence-corrected chi connectivity index (χ2v) is 7.87. The van der Waals surface area contributed by atoms with Crippen molar-refractivity contribution in [3.63, 3.8) is 0 Å². The van der Waals surface area contributed by atoms with Gasteiger partial charge in [-0.1, -0.05) is 42.5 Å². The maximum absolute atomic E-state index is 12.7. The highest BCUT2D eigenvalue weighted by Crippen LogP contribution is 2.30. The van der Waals surface area contributed by atoms with E-state index in [2.05, 4.69) is 15.3 Å². The number of aromatic nitrogens is 2. The lowest BCUT2D eigenvalue weighted by Gasteiger charge is -2.07. The van der Waals surface area contributed by atoms with Crippen molar-refractivity contribution >= 4 is 22.4 Å². The van der Waals surface area contributed by atoms with Gasteiger partial charge in [0.25, 0.3) is 5.91 Å². The predicted octanol–water partition coefficient (Wildman–Crippen LogP) is 6.07. The standard InChI is InChI=1S/C23H16F3N3OS/c24-23(25,26)18-8-6-15(7-9-18)12-19-14-28-22(31-19)29-21(30)20-13-17(10-11-27-20)16-4-2-1-3-5-16/h1-11,13-14H,12H2,(H,28,29,30). The third kappa shape index (κ3) is 5.16. The van der Waals surface area contributed by atoms with E-state index in [0.29, 0.717) is 11.6 Å². The number of anilines is 1. The Morgan fingerprint density at radius 2 is 1.68 bits per heavy atom. The van der Waals surface area contributed by atoms with Crippen molar-refractivity contribution in [1.29, 1.82) is 0 Å². The van der Waals surface area contributed by atoms with Crippen LogP contribution in [0.2, 0.25) is 0 Å². The first kappa shape index (κ1) is 20.7. The number of hydrogen-bond acceptors (Lipinski definition) is 4. The molecular weight excluding hydrogens is 423 g/mol. The van der Waals surface area contributed by atoms with E-state index in [0.717, 1.165) is 33.7 Å². The summed E-state index contributed by atoms with van der Waals surface area (Å²) in [7, 11) is 0. The zero-order valence-corrected chi connectivity index (χ0v) is 16.9. The van der Waals surface area contributed by atoms with E-state index >= 15 is 0 Å². The number of halogens is 3. The van der Waals surface area contributed by atoms with Crippen molar-refractivity contribution < 1.29 is 18.0 Å². The van der Waals surface area contributed by atoms with Gasteiger partial charge in [0.1, 0.15) is 5.69 Å². The number of carbonyl (C=O) groups excluding carboxylic acids is 1. The van der Waals surface area contributed by atoms with Crippen LogP contribution in [0.3, 0.4) is 0 Å². The highest BCUT2D eigenvalue weighted by molar-refractivity contribution is 7.15. The molecule has 156 valence electrons. The molecule has 0 aliphatic rings. The number of amides is 1. The van der Waals surface area contributed by atoms with Crippen molar-refractivity contribution in [2.24, 2.45) is 0 Å². The number of nitrogens with one attached hydrogen (secondary N) is 1. The van der Waals surface area contributed by atoms with E-state index in [1.54, 1.807) is 18.5 Å². The van der Waals surface area contributed by atoms with E-state index in [-0.39, 0.29) is 11.6 Å². The molecule has 0 aliphatic carbocycles. The molecule has 0 bridgehead atoms. The summed E-state index contributed by atoms with van der Waals surface area (Å²) < 4.78 is 38.0. The van der Waals surface area contributed by atoms with Crippen LogP contribution in [-0.4, -0.2) is 15.9 Å². The smallest absolute Gasteiger partial charge is 0.296 e. The van der Waals surface area contributed by atoms with Crippen LogP contribution in [-0.2, 0) is 12.6 Å². The van der Waals surface area contributed by atoms with Crippen LogP contribution < -0.4 is 5.32 Å². The lowest BCUT2D eigenvalue weighted by Crippen LogP contribution is -2.13. The molecule has 31 heavy (non-hydrogen) atoms. The van der Waals surface area contributed by atoms with Gasteiger partial charge in [0.2, 0.25) is 0 Å². The number of carbonyl (C=O) groups is 1. The van der Waals surface area contributed by atoms with E-state index < -0.39 is 11.7 Å². The van der Waals surface area contributed by atoms with Crippen molar-refractivity contribution in [2.75, 3.05) is 5.32 Å². The second-order valence-electron chi connectivity index (χ2n) is 6.75. The number of thiazole rings is 1. The normalized spacial score (nSPS) is 11.3. The van der Waals surface area contributed by atoms with Gasteiger partial charge in [-0.25, -0.2) is 4.98 Å². The van der Waals surface area contributed by atoms with Crippen LogP contribution >= 0.6 is 11.3 Å². The summed E-state index contributed by atoms with van der Waals surface area (Å²) in [5, 5.41) is 3.13. The zero-order chi connectivity index (χ0) is 21.8. The molecule has 8 heteroatoms. The summed E-state index contributed by atoms with van der Waals surface area (Å²) >= 11 is 1.27. The monoisotopic (exact) mass is 439 g/mol. The van der Waals surface area contributed by atoms with Crippen LogP contribution in [0.1, 0.15) is 26.5 Å². The zero-order valence-electron chi connectivity index (χ0n) is 16.1. The van der Waals surface area contributed by atoms with Gasteiger partial charge in [-0.3, -0.25) is 15.1 Å². The minimum absolute atomic E-state index is 0.265. The Morgan fingerprint density at radius 1 is 0.935 bits per heavy atom. The molecule has 2 aromatic heterocycles. The van der Waals surface area contributed by atoms with E-state index in [1.807, 2.05) is 36.4 Å². The molecule has 0 saturated heterocycles. The molecular formula is C23H16F3N3OS. The molecule has 0 saturated carbocycles. The molecule has 4 aromatic rings. The number of alkyl halides is 3. The van der Waals surface area contributed by atoms with Gasteiger partial charge in [0.15, 0.2) is 5.13 Å². The topological polar surface area (TPSA) is 54.9 Å². The molecule has 0 unspecified atom stereocenters. The minimum atomic E-state index is -4.35. The number of pyridine rings is 1. The molecule has 0 spiro atoms. The van der Waals surface area contributed by atoms with Gasteiger partial charge in [0.05, 0.1) is 5.56 Å². The molecule has 0 aliphatic heterocycles. The maximum atomic E-state index is 12.7. The Bertz CT molecular complexity index is 1190. The van der Waals surface area contributed by atoms with Crippen LogP contribution in [0, 0.1) is 0 Å². The largest absolute Gasteiger partial charge is 0.416 e. The van der Waals surface area contributed by atoms with Crippen molar-refractivity contribution in [3.05, 3.63) is 101 Å².